The number of hydrogen-bond donors (Lipinski definition) is 3. The van der Waals surface area contributed by atoms with Crippen LogP contribution in [0.15, 0.2) is 47.9 Å². The van der Waals surface area contributed by atoms with Crippen molar-refractivity contribution >= 4 is 33.4 Å². The molecule has 30 heavy (non-hydrogen) atoms. The van der Waals surface area contributed by atoms with Gasteiger partial charge in [-0.05, 0) is 60.3 Å². The van der Waals surface area contributed by atoms with Gasteiger partial charge < -0.3 is 15.5 Å². The van der Waals surface area contributed by atoms with Gasteiger partial charge >= 0.3 is 0 Å². The lowest BCUT2D eigenvalue weighted by Gasteiger charge is -2.22. The molecular weight excluding hydrogens is 400 g/mol. The molecule has 158 valence electrons. The van der Waals surface area contributed by atoms with Gasteiger partial charge in [0.05, 0.1) is 4.90 Å². The maximum absolute atomic E-state index is 13.0. The number of sulfonamides is 1. The summed E-state index contributed by atoms with van der Waals surface area (Å²) in [7, 11) is -2.12. The normalized spacial score (nSPS) is 18.9. The van der Waals surface area contributed by atoms with E-state index in [2.05, 4.69) is 28.0 Å². The lowest BCUT2D eigenvalue weighted by atomic mass is 10.0. The van der Waals surface area contributed by atoms with E-state index in [1.807, 2.05) is 12.1 Å². The summed E-state index contributed by atoms with van der Waals surface area (Å²) in [5, 5.41) is 6.31. The van der Waals surface area contributed by atoms with Crippen LogP contribution < -0.4 is 20.3 Å². The number of carbonyl (C=O) groups is 1. The maximum atomic E-state index is 13.0. The molecule has 3 N–H and O–H groups in total. The molecule has 0 bridgehead atoms. The van der Waals surface area contributed by atoms with Gasteiger partial charge in [-0.25, -0.2) is 8.42 Å². The molecule has 2 aromatic carbocycles. The first-order valence-electron chi connectivity index (χ1n) is 10.0. The Balaban J connectivity index is 1.52. The smallest absolute Gasteiger partial charge is 0.245 e. The molecule has 0 aromatic heterocycles. The van der Waals surface area contributed by atoms with Crippen LogP contribution in [-0.2, 0) is 27.8 Å². The lowest BCUT2D eigenvalue weighted by Crippen LogP contribution is -2.41. The zero-order chi connectivity index (χ0) is 21.3. The molecule has 2 aliphatic rings. The van der Waals surface area contributed by atoms with Crippen molar-refractivity contribution in [1.82, 2.24) is 10.0 Å². The number of fused-ring (bicyclic) bond motifs is 1. The second-order valence-electron chi connectivity index (χ2n) is 7.54. The average Bonchev–Trinajstić information content (AvgIpc) is 3.12. The first-order chi connectivity index (χ1) is 14.4. The number of nitrogens with zero attached hydrogens (tertiary/aromatic N) is 1. The van der Waals surface area contributed by atoms with Gasteiger partial charge in [0, 0.05) is 31.5 Å². The molecule has 2 aromatic rings. The van der Waals surface area contributed by atoms with Crippen LogP contribution in [0.2, 0.25) is 0 Å². The van der Waals surface area contributed by atoms with Crippen LogP contribution in [0.4, 0.5) is 11.4 Å². The highest BCUT2D eigenvalue weighted by atomic mass is 32.2. The Labute approximate surface area is 177 Å². The summed E-state index contributed by atoms with van der Waals surface area (Å²) in [6.07, 6.45) is 3.06. The van der Waals surface area contributed by atoms with E-state index in [-0.39, 0.29) is 10.8 Å². The summed E-state index contributed by atoms with van der Waals surface area (Å²) in [6, 6.07) is 10.0. The molecule has 1 fully saturated rings. The molecule has 0 aliphatic carbocycles. The number of nitrogens with one attached hydrogen (secondary N) is 3. The summed E-state index contributed by atoms with van der Waals surface area (Å²) in [6.45, 7) is 5.96. The van der Waals surface area contributed by atoms with Crippen molar-refractivity contribution in [2.75, 3.05) is 30.4 Å². The van der Waals surface area contributed by atoms with E-state index in [1.54, 1.807) is 30.2 Å². The molecule has 8 heteroatoms. The molecule has 0 radical (unpaired) electrons. The second-order valence-corrected chi connectivity index (χ2v) is 9.25. The third kappa shape index (κ3) is 3.86. The van der Waals surface area contributed by atoms with Gasteiger partial charge in [-0.1, -0.05) is 24.8 Å². The molecular formula is C22H26N4O3S. The van der Waals surface area contributed by atoms with Crippen LogP contribution in [-0.4, -0.2) is 40.5 Å². The molecule has 0 spiro atoms. The molecule has 7 nitrogen and oxygen atoms in total. The molecule has 2 aliphatic heterocycles. The maximum Gasteiger partial charge on any atom is 0.245 e. The third-order valence-electron chi connectivity index (χ3n) is 5.72. The lowest BCUT2D eigenvalue weighted by molar-refractivity contribution is -0.118. The summed E-state index contributed by atoms with van der Waals surface area (Å²) in [5.74, 6) is -0.223. The minimum absolute atomic E-state index is 0.114. The van der Waals surface area contributed by atoms with Gasteiger partial charge in [0.15, 0.2) is 0 Å². The minimum atomic E-state index is -3.84. The Bertz CT molecular complexity index is 1100. The van der Waals surface area contributed by atoms with Crippen LogP contribution in [0.1, 0.15) is 23.1 Å². The van der Waals surface area contributed by atoms with Crippen molar-refractivity contribution in [3.8, 4) is 0 Å². The summed E-state index contributed by atoms with van der Waals surface area (Å²) < 4.78 is 28.4. The molecule has 1 amide bonds. The van der Waals surface area contributed by atoms with Crippen LogP contribution in [0, 0.1) is 0 Å². The first-order valence-corrected chi connectivity index (χ1v) is 11.5. The zero-order valence-electron chi connectivity index (χ0n) is 16.9. The number of carbonyl (C=O) groups excluding carboxylic acids is 1. The highest BCUT2D eigenvalue weighted by Crippen LogP contribution is 2.27. The SMILES string of the molecule is C=Cc1ccc(S(=O)(=O)N[C@H]2CCN(c3ccc4c(c3)CNCC4)C2=O)cc1NC. The first kappa shape index (κ1) is 20.6. The van der Waals surface area contributed by atoms with Gasteiger partial charge in [0.2, 0.25) is 15.9 Å². The Morgan fingerprint density at radius 2 is 2.03 bits per heavy atom. The Morgan fingerprint density at radius 3 is 2.80 bits per heavy atom. The van der Waals surface area contributed by atoms with Gasteiger partial charge in [0.1, 0.15) is 6.04 Å². The predicted octanol–water partition coefficient (Wildman–Crippen LogP) is 2.10. The fraction of sp³-hybridized carbons (Fsp3) is 0.318. The molecule has 1 saturated heterocycles. The van der Waals surface area contributed by atoms with E-state index in [9.17, 15) is 13.2 Å². The van der Waals surface area contributed by atoms with Crippen molar-refractivity contribution in [2.45, 2.75) is 30.3 Å². The molecule has 1 atom stereocenters. The largest absolute Gasteiger partial charge is 0.388 e. The van der Waals surface area contributed by atoms with Crippen LogP contribution in [0.25, 0.3) is 6.08 Å². The van der Waals surface area contributed by atoms with Crippen molar-refractivity contribution in [3.63, 3.8) is 0 Å². The second kappa shape index (κ2) is 8.22. The molecule has 0 unspecified atom stereocenters. The van der Waals surface area contributed by atoms with Gasteiger partial charge in [-0.2, -0.15) is 4.72 Å². The predicted molar refractivity (Wildman–Crippen MR) is 119 cm³/mol. The molecule has 4 rings (SSSR count). The van der Waals surface area contributed by atoms with Crippen molar-refractivity contribution in [2.24, 2.45) is 0 Å². The number of rotatable bonds is 6. The monoisotopic (exact) mass is 426 g/mol. The number of anilines is 2. The van der Waals surface area contributed by atoms with Crippen LogP contribution in [0.5, 0.6) is 0 Å². The van der Waals surface area contributed by atoms with Gasteiger partial charge in [-0.15, -0.1) is 0 Å². The molecule has 0 saturated carbocycles. The van der Waals surface area contributed by atoms with E-state index < -0.39 is 16.1 Å². The number of amides is 1. The minimum Gasteiger partial charge on any atom is -0.388 e. The zero-order valence-corrected chi connectivity index (χ0v) is 17.8. The summed E-state index contributed by atoms with van der Waals surface area (Å²) >= 11 is 0. The van der Waals surface area contributed by atoms with Gasteiger partial charge in [0.25, 0.3) is 0 Å². The van der Waals surface area contributed by atoms with Crippen molar-refractivity contribution < 1.29 is 13.2 Å². The van der Waals surface area contributed by atoms with E-state index in [0.717, 1.165) is 30.8 Å². The van der Waals surface area contributed by atoms with Crippen LogP contribution in [0.3, 0.4) is 0 Å². The fourth-order valence-electron chi connectivity index (χ4n) is 4.03. The third-order valence-corrected chi connectivity index (χ3v) is 7.18. The summed E-state index contributed by atoms with van der Waals surface area (Å²) in [5.41, 5.74) is 4.77. The average molecular weight is 427 g/mol. The van der Waals surface area contributed by atoms with E-state index >= 15 is 0 Å². The Kier molecular flexibility index (Phi) is 5.64. The number of hydrogen-bond acceptors (Lipinski definition) is 5. The highest BCUT2D eigenvalue weighted by Gasteiger charge is 2.36. The van der Waals surface area contributed by atoms with Crippen LogP contribution >= 0.6 is 0 Å². The van der Waals surface area contributed by atoms with E-state index in [0.29, 0.717) is 18.7 Å². The highest BCUT2D eigenvalue weighted by molar-refractivity contribution is 7.89. The fourth-order valence-corrected chi connectivity index (χ4v) is 5.28. The van der Waals surface area contributed by atoms with E-state index in [4.69, 9.17) is 0 Å². The Morgan fingerprint density at radius 1 is 1.20 bits per heavy atom. The standard InChI is InChI=1S/C22H26N4O3S/c1-3-15-5-7-19(13-21(15)23-2)30(28,29)25-20-9-11-26(22(20)27)18-6-4-16-8-10-24-14-17(16)12-18/h3-7,12-13,20,23-25H,1,8-11,14H2,2H3/t20-/m0/s1. The molecule has 2 heterocycles. The van der Waals surface area contributed by atoms with Crippen molar-refractivity contribution in [3.05, 3.63) is 59.7 Å². The topological polar surface area (TPSA) is 90.5 Å². The van der Waals surface area contributed by atoms with E-state index in [1.165, 1.54) is 17.2 Å². The number of benzene rings is 2. The summed E-state index contributed by atoms with van der Waals surface area (Å²) in [4.78, 5) is 14.7. The van der Waals surface area contributed by atoms with Crippen molar-refractivity contribution in [1.29, 1.82) is 0 Å². The van der Waals surface area contributed by atoms with Gasteiger partial charge in [-0.3, -0.25) is 4.79 Å². The Hall–Kier alpha value is -2.68. The quantitative estimate of drug-likeness (QED) is 0.658.